The Morgan fingerprint density at radius 3 is 2.67 bits per heavy atom. The molecule has 2 atom stereocenters. The Morgan fingerprint density at radius 1 is 1.17 bits per heavy atom. The topological polar surface area (TPSA) is 46.9 Å². The van der Waals surface area contributed by atoms with Crippen LogP contribution < -0.4 is 5.32 Å². The average molecular weight is 355 g/mol. The number of aromatic nitrogens is 2. The van der Waals surface area contributed by atoms with Gasteiger partial charge in [-0.3, -0.25) is 4.79 Å². The largest absolute Gasteiger partial charge is 0.309 e. The molecular formula is C18H17N3OS2. The van der Waals surface area contributed by atoms with Crippen LogP contribution in [0.25, 0.3) is 5.69 Å². The molecule has 0 aliphatic carbocycles. The highest BCUT2D eigenvalue weighted by Crippen LogP contribution is 2.47. The van der Waals surface area contributed by atoms with Crippen molar-refractivity contribution in [1.29, 1.82) is 0 Å². The van der Waals surface area contributed by atoms with Crippen LogP contribution >= 0.6 is 23.1 Å². The van der Waals surface area contributed by atoms with Gasteiger partial charge in [0.25, 0.3) is 0 Å². The summed E-state index contributed by atoms with van der Waals surface area (Å²) >= 11 is 3.41. The fourth-order valence-electron chi connectivity index (χ4n) is 2.93. The van der Waals surface area contributed by atoms with Gasteiger partial charge in [-0.2, -0.15) is 5.10 Å². The van der Waals surface area contributed by atoms with Gasteiger partial charge < -0.3 is 5.32 Å². The van der Waals surface area contributed by atoms with E-state index in [0.717, 1.165) is 22.8 Å². The average Bonchev–Trinajstić information content (AvgIpc) is 3.19. The van der Waals surface area contributed by atoms with Crippen molar-refractivity contribution in [3.05, 3.63) is 64.0 Å². The fourth-order valence-corrected chi connectivity index (χ4v) is 5.20. The number of amides is 1. The van der Waals surface area contributed by atoms with Crippen LogP contribution in [-0.2, 0) is 4.79 Å². The molecule has 1 aromatic carbocycles. The van der Waals surface area contributed by atoms with Crippen LogP contribution in [0.15, 0.2) is 47.8 Å². The predicted molar refractivity (Wildman–Crippen MR) is 100 cm³/mol. The standard InChI is InChI=1S/C18H17N3OS2/c1-11-15-16(14-9-6-10-23-14)24-12(2)18(22)19-17(15)21(20-11)13-7-4-3-5-8-13/h3-10,12,16H,1-2H3,(H,19,22)/t12-,16-/m1/s1. The number of aryl methyl sites for hydroxylation is 1. The van der Waals surface area contributed by atoms with E-state index in [1.807, 2.05) is 48.9 Å². The Morgan fingerprint density at radius 2 is 1.96 bits per heavy atom. The van der Waals surface area contributed by atoms with Crippen LogP contribution in [0, 0.1) is 6.92 Å². The SMILES string of the molecule is Cc1nn(-c2ccccc2)c2c1[C@@H](c1cccs1)S[C@H](C)C(=O)N2. The zero-order valence-corrected chi connectivity index (χ0v) is 15.0. The lowest BCUT2D eigenvalue weighted by Gasteiger charge is -2.15. The Kier molecular flexibility index (Phi) is 3.94. The molecule has 6 heteroatoms. The monoisotopic (exact) mass is 355 g/mol. The zero-order chi connectivity index (χ0) is 16.7. The van der Waals surface area contributed by atoms with E-state index < -0.39 is 0 Å². The summed E-state index contributed by atoms with van der Waals surface area (Å²) in [6.07, 6.45) is 0. The van der Waals surface area contributed by atoms with Crippen LogP contribution in [0.5, 0.6) is 0 Å². The molecule has 4 nitrogen and oxygen atoms in total. The number of benzene rings is 1. The molecule has 24 heavy (non-hydrogen) atoms. The zero-order valence-electron chi connectivity index (χ0n) is 13.4. The minimum absolute atomic E-state index is 0.0254. The molecule has 0 spiro atoms. The third-order valence-corrected chi connectivity index (χ3v) is 6.59. The number of carbonyl (C=O) groups excluding carboxylic acids is 1. The maximum atomic E-state index is 12.5. The smallest absolute Gasteiger partial charge is 0.238 e. The molecule has 1 aliphatic rings. The van der Waals surface area contributed by atoms with Crippen molar-refractivity contribution in [2.24, 2.45) is 0 Å². The van der Waals surface area contributed by atoms with Crippen molar-refractivity contribution in [3.8, 4) is 5.69 Å². The molecule has 1 N–H and O–H groups in total. The molecule has 4 rings (SSSR count). The first-order chi connectivity index (χ1) is 11.6. The minimum atomic E-state index is -0.117. The molecule has 3 heterocycles. The quantitative estimate of drug-likeness (QED) is 0.741. The number of para-hydroxylation sites is 1. The van der Waals surface area contributed by atoms with Crippen molar-refractivity contribution in [1.82, 2.24) is 9.78 Å². The second kappa shape index (κ2) is 6.11. The number of thioether (sulfide) groups is 1. The molecule has 2 aromatic heterocycles. The van der Waals surface area contributed by atoms with E-state index in [4.69, 9.17) is 5.10 Å². The van der Waals surface area contributed by atoms with Gasteiger partial charge in [0.2, 0.25) is 5.91 Å². The summed E-state index contributed by atoms with van der Waals surface area (Å²) in [5.74, 6) is 0.816. The number of rotatable bonds is 2. The summed E-state index contributed by atoms with van der Waals surface area (Å²) in [6, 6.07) is 14.1. The maximum absolute atomic E-state index is 12.5. The Hall–Kier alpha value is -2.05. The summed E-state index contributed by atoms with van der Waals surface area (Å²) < 4.78 is 1.85. The van der Waals surface area contributed by atoms with Crippen molar-refractivity contribution in [2.45, 2.75) is 24.3 Å². The van der Waals surface area contributed by atoms with Crippen molar-refractivity contribution in [3.63, 3.8) is 0 Å². The lowest BCUT2D eigenvalue weighted by Crippen LogP contribution is -2.22. The summed E-state index contributed by atoms with van der Waals surface area (Å²) in [6.45, 7) is 3.98. The van der Waals surface area contributed by atoms with Gasteiger partial charge in [0, 0.05) is 10.4 Å². The number of nitrogens with one attached hydrogen (secondary N) is 1. The Bertz CT molecular complexity index is 871. The van der Waals surface area contributed by atoms with Gasteiger partial charge >= 0.3 is 0 Å². The lowest BCUT2D eigenvalue weighted by atomic mass is 10.1. The first-order valence-corrected chi connectivity index (χ1v) is 9.62. The van der Waals surface area contributed by atoms with Crippen LogP contribution in [0.4, 0.5) is 5.82 Å². The number of thiophene rings is 1. The predicted octanol–water partition coefficient (Wildman–Crippen LogP) is 4.41. The summed E-state index contributed by atoms with van der Waals surface area (Å²) in [7, 11) is 0. The highest BCUT2D eigenvalue weighted by atomic mass is 32.2. The molecule has 1 aliphatic heterocycles. The molecule has 0 fully saturated rings. The van der Waals surface area contributed by atoms with E-state index >= 15 is 0 Å². The van der Waals surface area contributed by atoms with Crippen molar-refractivity contribution < 1.29 is 4.79 Å². The lowest BCUT2D eigenvalue weighted by molar-refractivity contribution is -0.115. The van der Waals surface area contributed by atoms with Gasteiger partial charge in [-0.1, -0.05) is 24.3 Å². The number of nitrogens with zero attached hydrogens (tertiary/aromatic N) is 2. The van der Waals surface area contributed by atoms with Gasteiger partial charge in [0.15, 0.2) is 0 Å². The molecule has 0 saturated carbocycles. The van der Waals surface area contributed by atoms with Gasteiger partial charge in [-0.15, -0.1) is 23.1 Å². The van der Waals surface area contributed by atoms with Crippen molar-refractivity contribution in [2.75, 3.05) is 5.32 Å². The summed E-state index contributed by atoms with van der Waals surface area (Å²) in [5.41, 5.74) is 3.00. The molecule has 0 unspecified atom stereocenters. The third-order valence-electron chi connectivity index (χ3n) is 4.12. The van der Waals surface area contributed by atoms with E-state index in [1.54, 1.807) is 23.1 Å². The van der Waals surface area contributed by atoms with E-state index in [0.29, 0.717) is 0 Å². The first-order valence-electron chi connectivity index (χ1n) is 7.80. The maximum Gasteiger partial charge on any atom is 0.238 e. The van der Waals surface area contributed by atoms with Gasteiger partial charge in [-0.25, -0.2) is 4.68 Å². The second-order valence-electron chi connectivity index (χ2n) is 5.76. The van der Waals surface area contributed by atoms with E-state index in [-0.39, 0.29) is 16.4 Å². The Labute approximate surface area is 148 Å². The molecule has 0 radical (unpaired) electrons. The summed E-state index contributed by atoms with van der Waals surface area (Å²) in [5, 5.41) is 9.89. The fraction of sp³-hybridized carbons (Fsp3) is 0.222. The normalized spacial score (nSPS) is 20.3. The molecule has 122 valence electrons. The minimum Gasteiger partial charge on any atom is -0.309 e. The third kappa shape index (κ3) is 2.56. The van der Waals surface area contributed by atoms with Crippen LogP contribution in [0.2, 0.25) is 0 Å². The van der Waals surface area contributed by atoms with E-state index in [1.165, 1.54) is 4.88 Å². The number of carbonyl (C=O) groups is 1. The number of hydrogen-bond donors (Lipinski definition) is 1. The van der Waals surface area contributed by atoms with Gasteiger partial charge in [0.1, 0.15) is 5.82 Å². The molecule has 0 bridgehead atoms. The van der Waals surface area contributed by atoms with Crippen LogP contribution in [0.3, 0.4) is 0 Å². The Balaban J connectivity index is 1.92. The molecule has 3 aromatic rings. The number of hydrogen-bond acceptors (Lipinski definition) is 4. The summed E-state index contributed by atoms with van der Waals surface area (Å²) in [4.78, 5) is 13.8. The van der Waals surface area contributed by atoms with Crippen LogP contribution in [0.1, 0.15) is 28.3 Å². The number of fused-ring (bicyclic) bond motifs is 1. The van der Waals surface area contributed by atoms with E-state index in [2.05, 4.69) is 22.8 Å². The number of anilines is 1. The van der Waals surface area contributed by atoms with E-state index in [9.17, 15) is 4.79 Å². The highest BCUT2D eigenvalue weighted by molar-refractivity contribution is 8.01. The molecule has 0 saturated heterocycles. The first kappa shape index (κ1) is 15.5. The van der Waals surface area contributed by atoms with Crippen molar-refractivity contribution >= 4 is 34.8 Å². The van der Waals surface area contributed by atoms with Crippen LogP contribution in [-0.4, -0.2) is 20.9 Å². The molecule has 1 amide bonds. The van der Waals surface area contributed by atoms with Gasteiger partial charge in [-0.05, 0) is 37.4 Å². The molecular weight excluding hydrogens is 338 g/mol. The second-order valence-corrected chi connectivity index (χ2v) is 8.19. The van der Waals surface area contributed by atoms with Gasteiger partial charge in [0.05, 0.1) is 21.9 Å². The highest BCUT2D eigenvalue weighted by Gasteiger charge is 2.34.